The monoisotopic (exact) mass is 893 g/mol. The van der Waals surface area contributed by atoms with Gasteiger partial charge in [0.1, 0.15) is 17.1 Å². The van der Waals surface area contributed by atoms with Crippen LogP contribution in [0.5, 0.6) is 5.75 Å². The van der Waals surface area contributed by atoms with Crippen LogP contribution in [0.3, 0.4) is 0 Å². The van der Waals surface area contributed by atoms with Crippen molar-refractivity contribution in [2.75, 3.05) is 25.6 Å². The average Bonchev–Trinajstić information content (AvgIpc) is 3.71. The zero-order chi connectivity index (χ0) is 46.1. The normalized spacial score (nSPS) is 23.5. The number of phenolic OH excluding ortho intramolecular Hbond substituents is 1. The van der Waals surface area contributed by atoms with Gasteiger partial charge >= 0.3 is 193 Å². The molecule has 3 aliphatic carbocycles. The molecule has 0 saturated heterocycles. The summed E-state index contributed by atoms with van der Waals surface area (Å²) in [6.45, 7) is 1.66. The van der Waals surface area contributed by atoms with Gasteiger partial charge in [0.25, 0.3) is 5.91 Å². The van der Waals surface area contributed by atoms with E-state index in [4.69, 9.17) is 5.73 Å². The first kappa shape index (κ1) is 46.3. The number of primary amides is 1. The van der Waals surface area contributed by atoms with Gasteiger partial charge in [0, 0.05) is 11.5 Å². The number of rotatable bonds is 17. The first-order valence-electron chi connectivity index (χ1n) is 22.2. The number of likely N-dealkylation sites (N-methyl/N-ethyl adjacent to an activating group) is 1. The van der Waals surface area contributed by atoms with Crippen molar-refractivity contribution in [3.63, 3.8) is 0 Å². The molecule has 1 heterocycles. The van der Waals surface area contributed by atoms with Crippen molar-refractivity contribution in [3.8, 4) is 5.75 Å². The molecule has 340 valence electrons. The molecule has 4 aromatic rings. The number of hydrogen-bond donors (Lipinski definition) is 7. The number of carbonyl (C=O) groups excluding carboxylic acids is 4. The molecule has 3 aliphatic rings. The Labute approximate surface area is 373 Å². The van der Waals surface area contributed by atoms with Gasteiger partial charge in [-0.3, -0.25) is 19.3 Å². The number of ketones is 2. The van der Waals surface area contributed by atoms with Gasteiger partial charge in [-0.15, -0.1) is 0 Å². The number of aryl methyl sites for hydroxylation is 1. The molecule has 0 unspecified atom stereocenters. The maximum atomic E-state index is 14.2. The summed E-state index contributed by atoms with van der Waals surface area (Å²) >= 11 is 0. The maximum absolute atomic E-state index is 14.2. The fourth-order valence-corrected chi connectivity index (χ4v) is 15.5. The first-order chi connectivity index (χ1) is 30.6. The zero-order valence-corrected chi connectivity index (χ0v) is 37.8. The van der Waals surface area contributed by atoms with E-state index < -0.39 is 88.7 Å². The Bertz CT molecular complexity index is 2450. The van der Waals surface area contributed by atoms with Crippen LogP contribution in [-0.4, -0.2) is 102 Å². The van der Waals surface area contributed by atoms with Crippen molar-refractivity contribution in [2.24, 2.45) is 24.6 Å². The minimum absolute atomic E-state index is 0.0313. The Balaban J connectivity index is 0.939. The van der Waals surface area contributed by atoms with Crippen molar-refractivity contribution in [3.05, 3.63) is 119 Å². The first-order valence-corrected chi connectivity index (χ1v) is 24.4. The molecule has 6 atom stereocenters. The third kappa shape index (κ3) is 8.06. The predicted molar refractivity (Wildman–Crippen MR) is 248 cm³/mol. The number of phenols is 1. The minimum Gasteiger partial charge on any atom is -0.510 e. The molecule has 64 heavy (non-hydrogen) atoms. The standard InChI is InChI=1S/C49H60N5O9P/c1-29-33-24-25-34(42(56)37(33)43(57)38-36(29)44(58)40-41(53(2)3)45(59)39(48(50)62)47(61)49(40,63)46(38)60)52-35(55)23-17-9-7-5-6-8-10-18-26-64(30-19-13-11-14-20-30,31-21-15-12-16-22-31)32-27-51-54(4)28-32/h11-16,19-22,24-25,27-29,36,40-41,44,56,58-60,63-64H,5-10,17-18,23,26H2,1-4H3,(H2,50,62)(H,52,55)/t29-,36+,40+,41-,44-,49-/m0/s1. The topological polar surface area (TPSA) is 229 Å². The fraction of sp³-hybridized carbons (Fsp3) is 0.408. The number of unbranched alkanes of at least 4 members (excludes halogenated alkanes) is 7. The van der Waals surface area contributed by atoms with Crippen LogP contribution in [0.25, 0.3) is 0 Å². The van der Waals surface area contributed by atoms with Crippen LogP contribution in [0.1, 0.15) is 86.6 Å². The van der Waals surface area contributed by atoms with Gasteiger partial charge < -0.3 is 31.3 Å². The van der Waals surface area contributed by atoms with Gasteiger partial charge in [-0.2, -0.15) is 0 Å². The van der Waals surface area contributed by atoms with Crippen molar-refractivity contribution in [2.45, 2.75) is 88.4 Å². The predicted octanol–water partition coefficient (Wildman–Crippen LogP) is 4.56. The Morgan fingerprint density at radius 2 is 1.44 bits per heavy atom. The minimum atomic E-state index is -3.01. The third-order valence-corrected chi connectivity index (χ3v) is 18.8. The summed E-state index contributed by atoms with van der Waals surface area (Å²) in [5, 5.41) is 69.2. The van der Waals surface area contributed by atoms with Gasteiger partial charge in [0.15, 0.2) is 17.1 Å². The van der Waals surface area contributed by atoms with E-state index in [0.29, 0.717) is 12.0 Å². The van der Waals surface area contributed by atoms with Crippen LogP contribution in [0.4, 0.5) is 5.69 Å². The Kier molecular flexibility index (Phi) is 13.6. The number of aromatic hydroxyl groups is 1. The molecule has 15 heteroatoms. The van der Waals surface area contributed by atoms with Gasteiger partial charge in [0.2, 0.25) is 5.78 Å². The van der Waals surface area contributed by atoms with Crippen LogP contribution >= 0.6 is 7.26 Å². The van der Waals surface area contributed by atoms with Gasteiger partial charge in [-0.25, -0.2) is 0 Å². The molecular weight excluding hydrogens is 834 g/mol. The van der Waals surface area contributed by atoms with Crippen LogP contribution in [-0.2, 0) is 21.4 Å². The molecule has 2 amide bonds. The number of nitrogens with zero attached hydrogens (tertiary/aromatic N) is 3. The molecule has 0 aliphatic heterocycles. The summed E-state index contributed by atoms with van der Waals surface area (Å²) in [6, 6.07) is 23.4. The van der Waals surface area contributed by atoms with Crippen LogP contribution in [0.2, 0.25) is 0 Å². The number of aliphatic hydroxyl groups is 4. The number of hydrogen-bond acceptors (Lipinski definition) is 11. The van der Waals surface area contributed by atoms with Gasteiger partial charge in [-0.05, 0) is 31.6 Å². The van der Waals surface area contributed by atoms with Gasteiger partial charge in [0.05, 0.1) is 29.3 Å². The summed E-state index contributed by atoms with van der Waals surface area (Å²) in [7, 11) is 2.64. The van der Waals surface area contributed by atoms with E-state index in [2.05, 4.69) is 77.3 Å². The summed E-state index contributed by atoms with van der Waals surface area (Å²) in [5.41, 5.74) is 0.957. The van der Waals surface area contributed by atoms with Crippen molar-refractivity contribution >= 4 is 52.2 Å². The number of fused-ring (bicyclic) bond motifs is 3. The van der Waals surface area contributed by atoms with Crippen molar-refractivity contribution < 1.29 is 44.7 Å². The van der Waals surface area contributed by atoms with E-state index in [1.54, 1.807) is 13.0 Å². The van der Waals surface area contributed by atoms with Crippen molar-refractivity contribution in [1.82, 2.24) is 14.7 Å². The summed E-state index contributed by atoms with van der Waals surface area (Å²) in [5.74, 6) is -10.1. The summed E-state index contributed by atoms with van der Waals surface area (Å²) < 4.78 is 1.90. The summed E-state index contributed by atoms with van der Waals surface area (Å²) in [6.07, 6.45) is 11.7. The fourth-order valence-electron chi connectivity index (χ4n) is 10.7. The molecule has 0 radical (unpaired) electrons. The van der Waals surface area contributed by atoms with Crippen LogP contribution in [0.15, 0.2) is 108 Å². The quantitative estimate of drug-likeness (QED) is 0.0337. The molecule has 0 fully saturated rings. The van der Waals surface area contributed by atoms with E-state index in [9.17, 15) is 44.7 Å². The molecule has 0 bridgehead atoms. The molecule has 8 N–H and O–H groups in total. The SMILES string of the molecule is C[C@H]1c2ccc(NC(=O)CCCCCCCCCC[PH](c3ccccc3)(c3ccccc3)c3cnn(C)c3)c(O)c2C(=O)C2=C(O)[C@]3(O)C(=O)C(C(N)=O)=C(O)[C@@H](N(C)C)[C@@H]3[C@@H](O)[C@@H]21. The van der Waals surface area contributed by atoms with E-state index in [-0.39, 0.29) is 23.6 Å². The number of nitrogens with one attached hydrogen (secondary N) is 1. The Morgan fingerprint density at radius 1 is 0.859 bits per heavy atom. The molecule has 3 aromatic carbocycles. The van der Waals surface area contributed by atoms with E-state index >= 15 is 0 Å². The number of aromatic nitrogens is 2. The molecule has 14 nitrogen and oxygen atoms in total. The smallest absolute Gasteiger partial charge is 0.255 e. The van der Waals surface area contributed by atoms with Crippen LogP contribution < -0.4 is 27.0 Å². The Hall–Kier alpha value is -5.66. The third-order valence-electron chi connectivity index (χ3n) is 13.8. The number of anilines is 1. The second-order valence-corrected chi connectivity index (χ2v) is 21.9. The number of nitrogens with two attached hydrogens (primary N) is 1. The van der Waals surface area contributed by atoms with E-state index in [0.717, 1.165) is 51.1 Å². The number of aliphatic hydroxyl groups excluding tert-OH is 3. The second kappa shape index (κ2) is 18.8. The van der Waals surface area contributed by atoms with Crippen molar-refractivity contribution in [1.29, 1.82) is 0 Å². The molecular formula is C49H60N5O9P. The molecule has 0 spiro atoms. The number of benzene rings is 3. The number of carbonyl (C=O) groups is 4. The molecule has 0 saturated carbocycles. The largest absolute Gasteiger partial charge is 0.510 e. The second-order valence-electron chi connectivity index (χ2n) is 17.9. The maximum Gasteiger partial charge on any atom is 0.255 e. The van der Waals surface area contributed by atoms with E-state index in [1.807, 2.05) is 17.9 Å². The van der Waals surface area contributed by atoms with Gasteiger partial charge in [-0.1, -0.05) is 13.0 Å². The zero-order valence-electron chi connectivity index (χ0n) is 36.8. The number of amides is 2. The molecule has 1 aromatic heterocycles. The Morgan fingerprint density at radius 3 is 1.98 bits per heavy atom. The summed E-state index contributed by atoms with van der Waals surface area (Å²) in [4.78, 5) is 54.7. The average molecular weight is 894 g/mol. The number of Topliss-reactive ketones (excluding diaryl/α,β-unsaturated/α-hetero) is 2. The molecule has 7 rings (SSSR count). The van der Waals surface area contributed by atoms with Crippen LogP contribution in [0, 0.1) is 11.8 Å². The van der Waals surface area contributed by atoms with E-state index in [1.165, 1.54) is 41.0 Å².